The Labute approximate surface area is 172 Å². The summed E-state index contributed by atoms with van der Waals surface area (Å²) in [5, 5.41) is 3.55. The molecule has 1 fully saturated rings. The van der Waals surface area contributed by atoms with Gasteiger partial charge in [-0.1, -0.05) is 54.3 Å². The van der Waals surface area contributed by atoms with Crippen molar-refractivity contribution in [3.63, 3.8) is 0 Å². The molecule has 0 spiro atoms. The second kappa shape index (κ2) is 8.97. The van der Waals surface area contributed by atoms with Gasteiger partial charge in [-0.25, -0.2) is 0 Å². The molecule has 0 radical (unpaired) electrons. The molecule has 28 heavy (non-hydrogen) atoms. The lowest BCUT2D eigenvalue weighted by molar-refractivity contribution is -0.121. The number of halogens is 1. The van der Waals surface area contributed by atoms with Gasteiger partial charge in [0, 0.05) is 12.8 Å². The number of nitrogens with one attached hydrogen (secondary N) is 1. The van der Waals surface area contributed by atoms with Crippen molar-refractivity contribution in [3.8, 4) is 5.75 Å². The molecule has 1 aliphatic carbocycles. The van der Waals surface area contributed by atoms with Crippen molar-refractivity contribution < 1.29 is 14.3 Å². The number of aryl methyl sites for hydroxylation is 1. The summed E-state index contributed by atoms with van der Waals surface area (Å²) in [4.78, 5) is 13.3. The molecule has 2 aromatic rings. The summed E-state index contributed by atoms with van der Waals surface area (Å²) >= 11 is 6.37. The quantitative estimate of drug-likeness (QED) is 0.665. The summed E-state index contributed by atoms with van der Waals surface area (Å²) in [5.41, 5.74) is 2.48. The number of hydrogen-bond acceptors (Lipinski definition) is 3. The normalized spacial score (nSPS) is 16.6. The molecule has 0 saturated heterocycles. The number of amides is 1. The van der Waals surface area contributed by atoms with Gasteiger partial charge in [-0.15, -0.1) is 0 Å². The number of methoxy groups -OCH3 is 1. The standard InChI is InChI=1S/C23H28ClNO3/c1-16-7-6-8-18(13-16)23(11-4-5-12-23)22(26)25-19-9-10-21(20(24)14-19)28-17(2)15-27-3/h6-10,13-14,17H,4-5,11-12,15H2,1-3H3,(H,25,26)/t17-/m0/s1. The molecule has 1 aliphatic rings. The van der Waals surface area contributed by atoms with E-state index in [2.05, 4.69) is 30.4 Å². The van der Waals surface area contributed by atoms with Crippen LogP contribution in [-0.2, 0) is 14.9 Å². The number of ether oxygens (including phenoxy) is 2. The molecule has 1 saturated carbocycles. The lowest BCUT2D eigenvalue weighted by Crippen LogP contribution is -2.38. The zero-order chi connectivity index (χ0) is 20.1. The molecule has 4 nitrogen and oxygen atoms in total. The van der Waals surface area contributed by atoms with Gasteiger partial charge >= 0.3 is 0 Å². The molecule has 0 aliphatic heterocycles. The third kappa shape index (κ3) is 4.50. The molecule has 1 atom stereocenters. The van der Waals surface area contributed by atoms with Crippen LogP contribution >= 0.6 is 11.6 Å². The van der Waals surface area contributed by atoms with E-state index < -0.39 is 5.41 Å². The van der Waals surface area contributed by atoms with E-state index in [0.717, 1.165) is 31.2 Å². The fraction of sp³-hybridized carbons (Fsp3) is 0.435. The van der Waals surface area contributed by atoms with Crippen molar-refractivity contribution in [1.82, 2.24) is 0 Å². The van der Waals surface area contributed by atoms with Crippen LogP contribution in [0, 0.1) is 6.92 Å². The van der Waals surface area contributed by atoms with Gasteiger partial charge in [0.05, 0.1) is 17.0 Å². The predicted octanol–water partition coefficient (Wildman–Crippen LogP) is 5.51. The fourth-order valence-electron chi connectivity index (χ4n) is 3.98. The van der Waals surface area contributed by atoms with Crippen LogP contribution in [0.25, 0.3) is 0 Å². The number of rotatable bonds is 7. The summed E-state index contributed by atoms with van der Waals surface area (Å²) in [6.07, 6.45) is 3.75. The van der Waals surface area contributed by atoms with Crippen LogP contribution in [0.2, 0.25) is 5.02 Å². The first-order chi connectivity index (χ1) is 13.4. The number of anilines is 1. The van der Waals surface area contributed by atoms with Crippen molar-refractivity contribution in [2.45, 2.75) is 51.0 Å². The van der Waals surface area contributed by atoms with Gasteiger partial charge in [0.15, 0.2) is 0 Å². The van der Waals surface area contributed by atoms with Crippen LogP contribution in [0.3, 0.4) is 0 Å². The van der Waals surface area contributed by atoms with Crippen LogP contribution < -0.4 is 10.1 Å². The van der Waals surface area contributed by atoms with Gasteiger partial charge in [0.25, 0.3) is 0 Å². The van der Waals surface area contributed by atoms with E-state index in [9.17, 15) is 4.79 Å². The van der Waals surface area contributed by atoms with Crippen LogP contribution in [0.5, 0.6) is 5.75 Å². The predicted molar refractivity (Wildman–Crippen MR) is 113 cm³/mol. The van der Waals surface area contributed by atoms with E-state index in [4.69, 9.17) is 21.1 Å². The lowest BCUT2D eigenvalue weighted by atomic mass is 9.77. The van der Waals surface area contributed by atoms with Gasteiger partial charge in [-0.05, 0) is 50.5 Å². The van der Waals surface area contributed by atoms with Crippen molar-refractivity contribution in [2.24, 2.45) is 0 Å². The second-order valence-corrected chi connectivity index (χ2v) is 8.05. The van der Waals surface area contributed by atoms with Crippen molar-refractivity contribution >= 4 is 23.2 Å². The summed E-state index contributed by atoms with van der Waals surface area (Å²) in [5.74, 6) is 0.617. The lowest BCUT2D eigenvalue weighted by Gasteiger charge is -2.29. The van der Waals surface area contributed by atoms with E-state index in [-0.39, 0.29) is 12.0 Å². The minimum atomic E-state index is -0.472. The number of hydrogen-bond donors (Lipinski definition) is 1. The van der Waals surface area contributed by atoms with Gasteiger partial charge in [-0.3, -0.25) is 4.79 Å². The first-order valence-electron chi connectivity index (χ1n) is 9.78. The van der Waals surface area contributed by atoms with E-state index in [1.165, 1.54) is 5.56 Å². The molecule has 0 bridgehead atoms. The summed E-state index contributed by atoms with van der Waals surface area (Å²) < 4.78 is 10.9. The third-order valence-corrected chi connectivity index (χ3v) is 5.68. The molecule has 1 N–H and O–H groups in total. The minimum Gasteiger partial charge on any atom is -0.487 e. The molecule has 3 rings (SSSR count). The molecule has 1 amide bonds. The highest BCUT2D eigenvalue weighted by molar-refractivity contribution is 6.32. The Morgan fingerprint density at radius 1 is 1.21 bits per heavy atom. The Morgan fingerprint density at radius 3 is 2.61 bits per heavy atom. The summed E-state index contributed by atoms with van der Waals surface area (Å²) in [7, 11) is 1.63. The van der Waals surface area contributed by atoms with Crippen LogP contribution in [0.15, 0.2) is 42.5 Å². The Bertz CT molecular complexity index is 830. The first kappa shape index (κ1) is 20.7. The van der Waals surface area contributed by atoms with Crippen LogP contribution in [0.4, 0.5) is 5.69 Å². The second-order valence-electron chi connectivity index (χ2n) is 7.64. The van der Waals surface area contributed by atoms with E-state index in [1.807, 2.05) is 19.1 Å². The Hall–Kier alpha value is -2.04. The van der Waals surface area contributed by atoms with Gasteiger partial charge < -0.3 is 14.8 Å². The number of carbonyl (C=O) groups is 1. The molecular weight excluding hydrogens is 374 g/mol. The van der Waals surface area contributed by atoms with E-state index in [0.29, 0.717) is 23.1 Å². The monoisotopic (exact) mass is 401 g/mol. The van der Waals surface area contributed by atoms with Crippen molar-refractivity contribution in [3.05, 3.63) is 58.6 Å². The molecule has 0 heterocycles. The average Bonchev–Trinajstić information content (AvgIpc) is 3.15. The highest BCUT2D eigenvalue weighted by atomic mass is 35.5. The fourth-order valence-corrected chi connectivity index (χ4v) is 4.20. The van der Waals surface area contributed by atoms with Crippen LogP contribution in [-0.4, -0.2) is 25.7 Å². The van der Waals surface area contributed by atoms with Crippen LogP contribution in [0.1, 0.15) is 43.7 Å². The molecule has 2 aromatic carbocycles. The SMILES string of the molecule is COC[C@H](C)Oc1ccc(NC(=O)C2(c3cccc(C)c3)CCCC2)cc1Cl. The molecule has 0 aromatic heterocycles. The summed E-state index contributed by atoms with van der Waals surface area (Å²) in [6.45, 7) is 4.46. The van der Waals surface area contributed by atoms with Gasteiger partial charge in [0.2, 0.25) is 5.91 Å². The van der Waals surface area contributed by atoms with E-state index >= 15 is 0 Å². The largest absolute Gasteiger partial charge is 0.487 e. The Morgan fingerprint density at radius 2 is 1.96 bits per heavy atom. The molecular formula is C23H28ClNO3. The zero-order valence-corrected chi connectivity index (χ0v) is 17.5. The highest BCUT2D eigenvalue weighted by Gasteiger charge is 2.42. The minimum absolute atomic E-state index is 0.0353. The zero-order valence-electron chi connectivity index (χ0n) is 16.8. The Balaban J connectivity index is 1.78. The Kier molecular flexibility index (Phi) is 6.63. The maximum absolute atomic E-state index is 13.3. The maximum atomic E-state index is 13.3. The first-order valence-corrected chi connectivity index (χ1v) is 10.2. The smallest absolute Gasteiger partial charge is 0.235 e. The maximum Gasteiger partial charge on any atom is 0.235 e. The summed E-state index contributed by atoms with van der Waals surface area (Å²) in [6, 6.07) is 13.7. The van der Waals surface area contributed by atoms with Crippen molar-refractivity contribution in [2.75, 3.05) is 19.0 Å². The number of benzene rings is 2. The highest BCUT2D eigenvalue weighted by Crippen LogP contribution is 2.42. The van der Waals surface area contributed by atoms with Gasteiger partial charge in [-0.2, -0.15) is 0 Å². The molecule has 5 heteroatoms. The number of carbonyl (C=O) groups excluding carboxylic acids is 1. The van der Waals surface area contributed by atoms with E-state index in [1.54, 1.807) is 19.2 Å². The average molecular weight is 402 g/mol. The third-order valence-electron chi connectivity index (χ3n) is 5.38. The molecule has 150 valence electrons. The van der Waals surface area contributed by atoms with Gasteiger partial charge in [0.1, 0.15) is 11.9 Å². The van der Waals surface area contributed by atoms with Crippen molar-refractivity contribution in [1.29, 1.82) is 0 Å². The topological polar surface area (TPSA) is 47.6 Å². The molecule has 0 unspecified atom stereocenters.